The van der Waals surface area contributed by atoms with Gasteiger partial charge in [-0.3, -0.25) is 4.79 Å². The van der Waals surface area contributed by atoms with E-state index in [0.717, 1.165) is 6.26 Å². The molecule has 1 aromatic carbocycles. The standard InChI is InChI=1S/C17H22N2O6S/c1-23-13-6-7-16(24-2)15(11-13)18-17(20)8-9-19(26(3,21)22)12-14-5-4-10-25-14/h4-7,10-11H,8-9,12H2,1-3H3,(H,18,20). The molecule has 0 radical (unpaired) electrons. The predicted octanol–water partition coefficient (Wildman–Crippen LogP) is 2.09. The second-order valence-corrected chi connectivity index (χ2v) is 7.52. The fourth-order valence-corrected chi connectivity index (χ4v) is 3.07. The van der Waals surface area contributed by atoms with E-state index in [1.807, 2.05) is 0 Å². The molecule has 0 unspecified atom stereocenters. The summed E-state index contributed by atoms with van der Waals surface area (Å²) in [5.74, 6) is 1.21. The summed E-state index contributed by atoms with van der Waals surface area (Å²) in [7, 11) is -0.472. The Bertz CT molecular complexity index is 833. The van der Waals surface area contributed by atoms with Crippen molar-refractivity contribution < 1.29 is 27.1 Å². The molecular weight excluding hydrogens is 360 g/mol. The first-order valence-electron chi connectivity index (χ1n) is 7.83. The lowest BCUT2D eigenvalue weighted by molar-refractivity contribution is -0.116. The van der Waals surface area contributed by atoms with Gasteiger partial charge in [-0.05, 0) is 24.3 Å². The van der Waals surface area contributed by atoms with E-state index in [1.165, 1.54) is 24.8 Å². The molecule has 1 N–H and O–H groups in total. The third-order valence-electron chi connectivity index (χ3n) is 3.65. The average Bonchev–Trinajstić information content (AvgIpc) is 3.10. The number of hydrogen-bond acceptors (Lipinski definition) is 6. The second kappa shape index (κ2) is 8.72. The Kier molecular flexibility index (Phi) is 6.64. The third-order valence-corrected chi connectivity index (χ3v) is 4.90. The number of furan rings is 1. The van der Waals surface area contributed by atoms with Crippen molar-refractivity contribution in [3.05, 3.63) is 42.4 Å². The summed E-state index contributed by atoms with van der Waals surface area (Å²) in [6, 6.07) is 8.38. The van der Waals surface area contributed by atoms with Crippen molar-refractivity contribution in [1.82, 2.24) is 4.31 Å². The molecule has 0 saturated carbocycles. The van der Waals surface area contributed by atoms with Crippen LogP contribution >= 0.6 is 0 Å². The van der Waals surface area contributed by atoms with E-state index >= 15 is 0 Å². The number of carbonyl (C=O) groups excluding carboxylic acids is 1. The van der Waals surface area contributed by atoms with Gasteiger partial charge in [0.1, 0.15) is 17.3 Å². The maximum atomic E-state index is 12.3. The Morgan fingerprint density at radius 1 is 1.23 bits per heavy atom. The molecule has 142 valence electrons. The molecule has 1 heterocycles. The summed E-state index contributed by atoms with van der Waals surface area (Å²) >= 11 is 0. The van der Waals surface area contributed by atoms with E-state index in [-0.39, 0.29) is 25.4 Å². The number of anilines is 1. The zero-order valence-corrected chi connectivity index (χ0v) is 15.7. The van der Waals surface area contributed by atoms with E-state index in [9.17, 15) is 13.2 Å². The molecule has 1 amide bonds. The molecule has 0 aliphatic rings. The largest absolute Gasteiger partial charge is 0.497 e. The monoisotopic (exact) mass is 382 g/mol. The molecule has 2 rings (SSSR count). The predicted molar refractivity (Wildman–Crippen MR) is 96.8 cm³/mol. The van der Waals surface area contributed by atoms with E-state index in [2.05, 4.69) is 5.32 Å². The summed E-state index contributed by atoms with van der Waals surface area (Å²) in [6.45, 7) is 0.0965. The number of carbonyl (C=O) groups is 1. The van der Waals surface area contributed by atoms with Gasteiger partial charge in [0, 0.05) is 19.0 Å². The van der Waals surface area contributed by atoms with Gasteiger partial charge in [-0.1, -0.05) is 0 Å². The SMILES string of the molecule is COc1ccc(OC)c(NC(=O)CCN(Cc2ccco2)S(C)(=O)=O)c1. The molecule has 9 heteroatoms. The van der Waals surface area contributed by atoms with Gasteiger partial charge in [0.05, 0.1) is 39.0 Å². The molecule has 0 atom stereocenters. The summed E-state index contributed by atoms with van der Waals surface area (Å²) < 4.78 is 40.6. The lowest BCUT2D eigenvalue weighted by Gasteiger charge is -2.18. The van der Waals surface area contributed by atoms with Crippen molar-refractivity contribution in [2.75, 3.05) is 32.3 Å². The van der Waals surface area contributed by atoms with Crippen LogP contribution in [0.2, 0.25) is 0 Å². The number of rotatable bonds is 9. The number of nitrogens with zero attached hydrogens (tertiary/aromatic N) is 1. The molecule has 0 bridgehead atoms. The van der Waals surface area contributed by atoms with E-state index in [0.29, 0.717) is 22.9 Å². The normalized spacial score (nSPS) is 11.4. The van der Waals surface area contributed by atoms with Crippen molar-refractivity contribution in [3.63, 3.8) is 0 Å². The van der Waals surface area contributed by atoms with Crippen LogP contribution in [-0.2, 0) is 21.4 Å². The van der Waals surface area contributed by atoms with Crippen LogP contribution in [0.1, 0.15) is 12.2 Å². The minimum Gasteiger partial charge on any atom is -0.497 e. The van der Waals surface area contributed by atoms with Crippen LogP contribution in [0, 0.1) is 0 Å². The number of amides is 1. The van der Waals surface area contributed by atoms with Crippen molar-refractivity contribution in [2.24, 2.45) is 0 Å². The average molecular weight is 382 g/mol. The van der Waals surface area contributed by atoms with Crippen molar-refractivity contribution in [1.29, 1.82) is 0 Å². The Balaban J connectivity index is 2.02. The highest BCUT2D eigenvalue weighted by molar-refractivity contribution is 7.88. The van der Waals surface area contributed by atoms with Gasteiger partial charge in [-0.25, -0.2) is 8.42 Å². The van der Waals surface area contributed by atoms with E-state index < -0.39 is 10.0 Å². The molecule has 0 fully saturated rings. The van der Waals surface area contributed by atoms with Crippen LogP contribution in [0.4, 0.5) is 5.69 Å². The maximum Gasteiger partial charge on any atom is 0.225 e. The lowest BCUT2D eigenvalue weighted by Crippen LogP contribution is -2.32. The topological polar surface area (TPSA) is 98.1 Å². The molecular formula is C17H22N2O6S. The number of methoxy groups -OCH3 is 2. The van der Waals surface area contributed by atoms with E-state index in [1.54, 1.807) is 30.3 Å². The molecule has 1 aromatic heterocycles. The van der Waals surface area contributed by atoms with Crippen LogP contribution in [0.3, 0.4) is 0 Å². The van der Waals surface area contributed by atoms with Gasteiger partial charge < -0.3 is 19.2 Å². The summed E-state index contributed by atoms with van der Waals surface area (Å²) in [6.07, 6.45) is 2.55. The van der Waals surface area contributed by atoms with Gasteiger partial charge in [-0.2, -0.15) is 4.31 Å². The summed E-state index contributed by atoms with van der Waals surface area (Å²) in [5, 5.41) is 2.71. The smallest absolute Gasteiger partial charge is 0.225 e. The van der Waals surface area contributed by atoms with Gasteiger partial charge in [0.15, 0.2) is 0 Å². The molecule has 0 saturated heterocycles. The van der Waals surface area contributed by atoms with Crippen molar-refractivity contribution in [2.45, 2.75) is 13.0 Å². The minimum atomic E-state index is -3.48. The molecule has 0 aliphatic heterocycles. The molecule has 0 spiro atoms. The molecule has 0 aliphatic carbocycles. The first-order chi connectivity index (χ1) is 12.3. The number of hydrogen-bond donors (Lipinski definition) is 1. The van der Waals surface area contributed by atoms with Gasteiger partial charge in [0.2, 0.25) is 15.9 Å². The zero-order valence-electron chi connectivity index (χ0n) is 14.9. The van der Waals surface area contributed by atoms with Crippen LogP contribution in [0.15, 0.2) is 41.0 Å². The van der Waals surface area contributed by atoms with Gasteiger partial charge in [-0.15, -0.1) is 0 Å². The highest BCUT2D eigenvalue weighted by Crippen LogP contribution is 2.29. The highest BCUT2D eigenvalue weighted by atomic mass is 32.2. The Hall–Kier alpha value is -2.52. The minimum absolute atomic E-state index is 0.0197. The number of benzene rings is 1. The third kappa shape index (κ3) is 5.50. The Morgan fingerprint density at radius 3 is 2.58 bits per heavy atom. The van der Waals surface area contributed by atoms with Crippen molar-refractivity contribution >= 4 is 21.6 Å². The van der Waals surface area contributed by atoms with Crippen molar-refractivity contribution in [3.8, 4) is 11.5 Å². The number of sulfonamides is 1. The van der Waals surface area contributed by atoms with Gasteiger partial charge in [0.25, 0.3) is 0 Å². The lowest BCUT2D eigenvalue weighted by atomic mass is 10.2. The second-order valence-electron chi connectivity index (χ2n) is 5.54. The quantitative estimate of drug-likeness (QED) is 0.713. The molecule has 8 nitrogen and oxygen atoms in total. The fraction of sp³-hybridized carbons (Fsp3) is 0.353. The first kappa shape index (κ1) is 19.8. The number of nitrogens with one attached hydrogen (secondary N) is 1. The van der Waals surface area contributed by atoms with Crippen LogP contribution in [0.25, 0.3) is 0 Å². The Morgan fingerprint density at radius 2 is 2.00 bits per heavy atom. The van der Waals surface area contributed by atoms with Crippen LogP contribution in [-0.4, -0.2) is 45.7 Å². The summed E-state index contributed by atoms with van der Waals surface area (Å²) in [4.78, 5) is 12.3. The number of ether oxygens (including phenoxy) is 2. The molecule has 2 aromatic rings. The fourth-order valence-electron chi connectivity index (χ4n) is 2.29. The summed E-state index contributed by atoms with van der Waals surface area (Å²) in [5.41, 5.74) is 0.453. The van der Waals surface area contributed by atoms with Crippen LogP contribution in [0.5, 0.6) is 11.5 Å². The maximum absolute atomic E-state index is 12.3. The zero-order chi connectivity index (χ0) is 19.2. The van der Waals surface area contributed by atoms with Gasteiger partial charge >= 0.3 is 0 Å². The first-order valence-corrected chi connectivity index (χ1v) is 9.67. The van der Waals surface area contributed by atoms with Crippen LogP contribution < -0.4 is 14.8 Å². The van der Waals surface area contributed by atoms with E-state index in [4.69, 9.17) is 13.9 Å². The Labute approximate surface area is 152 Å². The highest BCUT2D eigenvalue weighted by Gasteiger charge is 2.20. The molecule has 26 heavy (non-hydrogen) atoms.